The van der Waals surface area contributed by atoms with Gasteiger partial charge in [0.2, 0.25) is 0 Å². The van der Waals surface area contributed by atoms with Crippen LogP contribution in [0.25, 0.3) is 0 Å². The molecule has 0 bridgehead atoms. The lowest BCUT2D eigenvalue weighted by Gasteiger charge is -2.36. The van der Waals surface area contributed by atoms with Crippen molar-refractivity contribution >= 4 is 0 Å². The van der Waals surface area contributed by atoms with Gasteiger partial charge in [0, 0.05) is 6.04 Å². The van der Waals surface area contributed by atoms with Crippen molar-refractivity contribution in [3.63, 3.8) is 0 Å². The van der Waals surface area contributed by atoms with E-state index in [-0.39, 0.29) is 6.10 Å². The Morgan fingerprint density at radius 1 is 1.28 bits per heavy atom. The third kappa shape index (κ3) is 4.87. The van der Waals surface area contributed by atoms with E-state index in [2.05, 4.69) is 38.0 Å². The van der Waals surface area contributed by atoms with E-state index >= 15 is 0 Å². The summed E-state index contributed by atoms with van der Waals surface area (Å²) in [7, 11) is 2.07. The minimum Gasteiger partial charge on any atom is -0.393 e. The van der Waals surface area contributed by atoms with Crippen molar-refractivity contribution in [2.24, 2.45) is 11.3 Å². The zero-order valence-electron chi connectivity index (χ0n) is 12.9. The molecule has 0 spiro atoms. The number of aliphatic hydroxyl groups is 1. The highest BCUT2D eigenvalue weighted by Crippen LogP contribution is 2.24. The first-order valence-corrected chi connectivity index (χ1v) is 7.42. The van der Waals surface area contributed by atoms with E-state index in [9.17, 15) is 5.11 Å². The number of aliphatic hydroxyl groups excluding tert-OH is 1. The molecular weight excluding hydrogens is 224 g/mol. The number of nitrogens with one attached hydrogen (secondary N) is 1. The van der Waals surface area contributed by atoms with Gasteiger partial charge in [-0.1, -0.05) is 20.8 Å². The van der Waals surface area contributed by atoms with Crippen LogP contribution in [-0.2, 0) is 0 Å². The number of hydrogen-bond donors (Lipinski definition) is 2. The van der Waals surface area contributed by atoms with Crippen LogP contribution in [0.15, 0.2) is 0 Å². The highest BCUT2D eigenvalue weighted by molar-refractivity contribution is 4.82. The summed E-state index contributed by atoms with van der Waals surface area (Å²) >= 11 is 0. The lowest BCUT2D eigenvalue weighted by Crippen LogP contribution is -2.43. The zero-order chi connectivity index (χ0) is 13.8. The van der Waals surface area contributed by atoms with Crippen molar-refractivity contribution in [2.45, 2.75) is 59.1 Å². The topological polar surface area (TPSA) is 35.5 Å². The highest BCUT2D eigenvalue weighted by atomic mass is 16.3. The predicted molar refractivity (Wildman–Crippen MR) is 77.8 cm³/mol. The Kier molecular flexibility index (Phi) is 6.09. The minimum absolute atomic E-state index is 0.133. The van der Waals surface area contributed by atoms with Crippen molar-refractivity contribution in [2.75, 3.05) is 26.7 Å². The molecule has 0 aliphatic carbocycles. The van der Waals surface area contributed by atoms with Crippen LogP contribution >= 0.6 is 0 Å². The van der Waals surface area contributed by atoms with Gasteiger partial charge in [0.05, 0.1) is 6.10 Å². The number of piperidine rings is 1. The van der Waals surface area contributed by atoms with E-state index in [0.29, 0.717) is 17.4 Å². The first kappa shape index (κ1) is 15.9. The van der Waals surface area contributed by atoms with Crippen molar-refractivity contribution < 1.29 is 5.11 Å². The summed E-state index contributed by atoms with van der Waals surface area (Å²) in [5.41, 5.74) is 0.326. The van der Waals surface area contributed by atoms with Gasteiger partial charge in [0.25, 0.3) is 0 Å². The first-order valence-electron chi connectivity index (χ1n) is 7.42. The van der Waals surface area contributed by atoms with E-state index < -0.39 is 0 Å². The molecule has 0 aromatic heterocycles. The molecule has 2 N–H and O–H groups in total. The average molecular weight is 256 g/mol. The van der Waals surface area contributed by atoms with Gasteiger partial charge in [0.1, 0.15) is 0 Å². The summed E-state index contributed by atoms with van der Waals surface area (Å²) in [4.78, 5) is 2.55. The largest absolute Gasteiger partial charge is 0.393 e. The molecule has 0 radical (unpaired) electrons. The summed E-state index contributed by atoms with van der Waals surface area (Å²) in [6, 6.07) is 0.576. The van der Waals surface area contributed by atoms with E-state index in [1.807, 2.05) is 6.92 Å². The fourth-order valence-corrected chi connectivity index (χ4v) is 2.98. The summed E-state index contributed by atoms with van der Waals surface area (Å²) in [6.45, 7) is 12.3. The summed E-state index contributed by atoms with van der Waals surface area (Å²) in [6.07, 6.45) is 3.38. The van der Waals surface area contributed by atoms with Gasteiger partial charge >= 0.3 is 0 Å². The number of hydrogen-bond acceptors (Lipinski definition) is 3. The van der Waals surface area contributed by atoms with Gasteiger partial charge in [-0.3, -0.25) is 0 Å². The minimum atomic E-state index is -0.133. The molecule has 1 fully saturated rings. The summed E-state index contributed by atoms with van der Waals surface area (Å²) < 4.78 is 0. The SMILES string of the molecule is CNC(CCN1CCC(C(C)O)CC1)C(C)(C)C. The fourth-order valence-electron chi connectivity index (χ4n) is 2.98. The molecular formula is C15H32N2O. The molecule has 0 aromatic rings. The molecule has 0 saturated carbocycles. The van der Waals surface area contributed by atoms with Crippen molar-refractivity contribution in [1.29, 1.82) is 0 Å². The normalized spacial score (nSPS) is 23.0. The second-order valence-corrected chi connectivity index (χ2v) is 6.92. The quantitative estimate of drug-likeness (QED) is 0.791. The third-order valence-electron chi connectivity index (χ3n) is 4.44. The Morgan fingerprint density at radius 3 is 2.22 bits per heavy atom. The van der Waals surface area contributed by atoms with Gasteiger partial charge in [-0.15, -0.1) is 0 Å². The van der Waals surface area contributed by atoms with Crippen LogP contribution < -0.4 is 5.32 Å². The zero-order valence-corrected chi connectivity index (χ0v) is 12.9. The first-order chi connectivity index (χ1) is 8.34. The van der Waals surface area contributed by atoms with E-state index in [1.54, 1.807) is 0 Å². The number of rotatable bonds is 5. The van der Waals surface area contributed by atoms with Crippen molar-refractivity contribution in [3.05, 3.63) is 0 Å². The Bertz CT molecular complexity index is 227. The molecule has 0 aromatic carbocycles. The van der Waals surface area contributed by atoms with Gasteiger partial charge in [0.15, 0.2) is 0 Å². The van der Waals surface area contributed by atoms with Crippen LogP contribution in [0, 0.1) is 11.3 Å². The molecule has 2 unspecified atom stereocenters. The summed E-state index contributed by atoms with van der Waals surface area (Å²) in [5.74, 6) is 0.518. The van der Waals surface area contributed by atoms with Crippen LogP contribution in [0.5, 0.6) is 0 Å². The van der Waals surface area contributed by atoms with E-state index in [4.69, 9.17) is 0 Å². The maximum atomic E-state index is 9.60. The Balaban J connectivity index is 2.29. The fraction of sp³-hybridized carbons (Fsp3) is 1.00. The van der Waals surface area contributed by atoms with Crippen LogP contribution in [-0.4, -0.2) is 48.8 Å². The smallest absolute Gasteiger partial charge is 0.0541 e. The molecule has 108 valence electrons. The van der Waals surface area contributed by atoms with Gasteiger partial charge < -0.3 is 15.3 Å². The highest BCUT2D eigenvalue weighted by Gasteiger charge is 2.26. The monoisotopic (exact) mass is 256 g/mol. The lowest BCUT2D eigenvalue weighted by atomic mass is 9.84. The molecule has 3 heteroatoms. The Hall–Kier alpha value is -0.120. The maximum absolute atomic E-state index is 9.60. The molecule has 3 nitrogen and oxygen atoms in total. The second kappa shape index (κ2) is 6.88. The predicted octanol–water partition coefficient (Wildman–Crippen LogP) is 2.10. The van der Waals surface area contributed by atoms with Crippen LogP contribution in [0.1, 0.15) is 47.0 Å². The molecule has 1 saturated heterocycles. The van der Waals surface area contributed by atoms with Gasteiger partial charge in [-0.2, -0.15) is 0 Å². The number of nitrogens with zero attached hydrogens (tertiary/aromatic N) is 1. The van der Waals surface area contributed by atoms with E-state index in [1.165, 1.54) is 13.0 Å². The molecule has 1 heterocycles. The molecule has 18 heavy (non-hydrogen) atoms. The van der Waals surface area contributed by atoms with Crippen LogP contribution in [0.2, 0.25) is 0 Å². The molecule has 1 aliphatic heterocycles. The lowest BCUT2D eigenvalue weighted by molar-refractivity contribution is 0.0689. The maximum Gasteiger partial charge on any atom is 0.0541 e. The molecule has 1 aliphatic rings. The van der Waals surface area contributed by atoms with Crippen LogP contribution in [0.3, 0.4) is 0 Å². The van der Waals surface area contributed by atoms with E-state index in [0.717, 1.165) is 25.9 Å². The third-order valence-corrected chi connectivity index (χ3v) is 4.44. The molecule has 0 amide bonds. The van der Waals surface area contributed by atoms with Crippen molar-refractivity contribution in [3.8, 4) is 0 Å². The molecule has 1 rings (SSSR count). The second-order valence-electron chi connectivity index (χ2n) is 6.92. The standard InChI is InChI=1S/C15H32N2O/c1-12(18)13-6-9-17(10-7-13)11-8-14(16-5)15(2,3)4/h12-14,16,18H,6-11H2,1-5H3. The van der Waals surface area contributed by atoms with Crippen LogP contribution in [0.4, 0.5) is 0 Å². The van der Waals surface area contributed by atoms with Crippen molar-refractivity contribution in [1.82, 2.24) is 10.2 Å². The Morgan fingerprint density at radius 2 is 1.83 bits per heavy atom. The number of likely N-dealkylation sites (tertiary alicyclic amines) is 1. The Labute approximate surface area is 113 Å². The summed E-state index contributed by atoms with van der Waals surface area (Å²) in [5, 5.41) is 13.0. The van der Waals surface area contributed by atoms with Gasteiger partial charge in [-0.25, -0.2) is 0 Å². The average Bonchev–Trinajstić information content (AvgIpc) is 2.28. The van der Waals surface area contributed by atoms with Gasteiger partial charge in [-0.05, 0) is 64.2 Å². The molecule has 2 atom stereocenters.